The molecular formula is C26H32N4O. The largest absolute Gasteiger partial charge is 0.332 e. The number of aryl methyl sites for hydroxylation is 2. The minimum absolute atomic E-state index is 0.278. The van der Waals surface area contributed by atoms with E-state index in [-0.39, 0.29) is 5.91 Å². The van der Waals surface area contributed by atoms with Gasteiger partial charge in [-0.15, -0.1) is 0 Å². The van der Waals surface area contributed by atoms with E-state index >= 15 is 0 Å². The average Bonchev–Trinajstić information content (AvgIpc) is 3.49. The molecule has 1 saturated carbocycles. The highest BCUT2D eigenvalue weighted by molar-refractivity contribution is 5.77. The Kier molecular flexibility index (Phi) is 5.43. The number of carbonyl (C=O) groups excluding carboxylic acids is 1. The van der Waals surface area contributed by atoms with Crippen molar-refractivity contribution in [3.05, 3.63) is 65.1 Å². The van der Waals surface area contributed by atoms with Gasteiger partial charge >= 0.3 is 0 Å². The van der Waals surface area contributed by atoms with Crippen LogP contribution >= 0.6 is 0 Å². The van der Waals surface area contributed by atoms with Crippen LogP contribution in [-0.2, 0) is 17.9 Å². The van der Waals surface area contributed by atoms with Crippen LogP contribution in [0.25, 0.3) is 11.5 Å². The van der Waals surface area contributed by atoms with Crippen LogP contribution in [0.15, 0.2) is 42.7 Å². The molecule has 3 aromatic rings. The molecule has 5 nitrogen and oxygen atoms in total. The smallest absolute Gasteiger partial charge is 0.223 e. The van der Waals surface area contributed by atoms with E-state index in [9.17, 15) is 4.79 Å². The standard InChI is InChI=1S/C26H32N4O/c1-19-10-12-24(20(2)16-19)30-26(28-14-6-7-15-28)22-17-29(18-23(22)27-30)25(31)13-11-21-8-4-3-5-9-21/h6-7,10,12,14-16,21H,3-5,8-9,11,13,17-18H2,1-2H3. The van der Waals surface area contributed by atoms with Gasteiger partial charge in [0.15, 0.2) is 0 Å². The van der Waals surface area contributed by atoms with E-state index in [1.165, 1.54) is 48.8 Å². The summed E-state index contributed by atoms with van der Waals surface area (Å²) in [5.41, 5.74) is 5.74. The number of hydrogen-bond donors (Lipinski definition) is 0. The highest BCUT2D eigenvalue weighted by Gasteiger charge is 2.31. The van der Waals surface area contributed by atoms with Crippen molar-refractivity contribution >= 4 is 5.91 Å². The summed E-state index contributed by atoms with van der Waals surface area (Å²) in [6, 6.07) is 10.5. The third kappa shape index (κ3) is 3.93. The third-order valence-electron chi connectivity index (χ3n) is 7.00. The normalized spacial score (nSPS) is 16.6. The summed E-state index contributed by atoms with van der Waals surface area (Å²) in [5.74, 6) is 2.07. The predicted molar refractivity (Wildman–Crippen MR) is 122 cm³/mol. The predicted octanol–water partition coefficient (Wildman–Crippen LogP) is 5.48. The van der Waals surface area contributed by atoms with Crippen molar-refractivity contribution in [2.45, 2.75) is 71.9 Å². The molecule has 0 atom stereocenters. The van der Waals surface area contributed by atoms with Gasteiger partial charge in [0.1, 0.15) is 5.82 Å². The van der Waals surface area contributed by atoms with Crippen LogP contribution in [-0.4, -0.2) is 25.2 Å². The van der Waals surface area contributed by atoms with Gasteiger partial charge in [0.05, 0.1) is 24.5 Å². The maximum Gasteiger partial charge on any atom is 0.223 e. The molecule has 0 bridgehead atoms. The highest BCUT2D eigenvalue weighted by atomic mass is 16.2. The molecule has 2 aliphatic rings. The maximum atomic E-state index is 13.0. The lowest BCUT2D eigenvalue weighted by atomic mass is 9.86. The molecule has 1 fully saturated rings. The summed E-state index contributed by atoms with van der Waals surface area (Å²) in [7, 11) is 0. The van der Waals surface area contributed by atoms with Crippen molar-refractivity contribution < 1.29 is 4.79 Å². The van der Waals surface area contributed by atoms with Crippen molar-refractivity contribution in [3.8, 4) is 11.5 Å². The van der Waals surface area contributed by atoms with Gasteiger partial charge in [0, 0.05) is 24.4 Å². The van der Waals surface area contributed by atoms with Gasteiger partial charge in [-0.05, 0) is 49.9 Å². The summed E-state index contributed by atoms with van der Waals surface area (Å²) in [6.07, 6.45) is 12.5. The van der Waals surface area contributed by atoms with E-state index in [0.717, 1.165) is 29.5 Å². The molecule has 31 heavy (non-hydrogen) atoms. The second-order valence-corrected chi connectivity index (χ2v) is 9.33. The Morgan fingerprint density at radius 2 is 1.84 bits per heavy atom. The average molecular weight is 417 g/mol. The molecule has 5 rings (SSSR count). The second-order valence-electron chi connectivity index (χ2n) is 9.33. The molecular weight excluding hydrogens is 384 g/mol. The van der Waals surface area contributed by atoms with Gasteiger partial charge in [-0.1, -0.05) is 49.8 Å². The van der Waals surface area contributed by atoms with Gasteiger partial charge in [0.2, 0.25) is 5.91 Å². The molecule has 162 valence electrons. The third-order valence-corrected chi connectivity index (χ3v) is 7.00. The minimum atomic E-state index is 0.278. The number of amides is 1. The molecule has 5 heteroatoms. The van der Waals surface area contributed by atoms with Crippen LogP contribution in [0.3, 0.4) is 0 Å². The number of benzene rings is 1. The Hall–Kier alpha value is -2.82. The fourth-order valence-corrected chi connectivity index (χ4v) is 5.29. The van der Waals surface area contributed by atoms with E-state index in [1.54, 1.807) is 0 Å². The number of carbonyl (C=O) groups is 1. The molecule has 1 aromatic carbocycles. The van der Waals surface area contributed by atoms with E-state index in [2.05, 4.69) is 53.7 Å². The number of fused-ring (bicyclic) bond motifs is 1. The van der Waals surface area contributed by atoms with E-state index in [0.29, 0.717) is 19.5 Å². The summed E-state index contributed by atoms with van der Waals surface area (Å²) >= 11 is 0. The fraction of sp³-hybridized carbons (Fsp3) is 0.462. The topological polar surface area (TPSA) is 43.1 Å². The molecule has 0 spiro atoms. The van der Waals surface area contributed by atoms with Gasteiger partial charge < -0.3 is 9.47 Å². The highest BCUT2D eigenvalue weighted by Crippen LogP contribution is 2.33. The summed E-state index contributed by atoms with van der Waals surface area (Å²) in [5, 5.41) is 4.99. The number of aromatic nitrogens is 3. The molecule has 0 radical (unpaired) electrons. The zero-order chi connectivity index (χ0) is 21.4. The van der Waals surface area contributed by atoms with Crippen molar-refractivity contribution in [1.29, 1.82) is 0 Å². The fourth-order valence-electron chi connectivity index (χ4n) is 5.29. The van der Waals surface area contributed by atoms with E-state index in [1.807, 2.05) is 17.0 Å². The first-order chi connectivity index (χ1) is 15.1. The summed E-state index contributed by atoms with van der Waals surface area (Å²) in [6.45, 7) is 5.52. The second kappa shape index (κ2) is 8.37. The molecule has 0 unspecified atom stereocenters. The van der Waals surface area contributed by atoms with Crippen LogP contribution < -0.4 is 0 Å². The van der Waals surface area contributed by atoms with Gasteiger partial charge in [-0.3, -0.25) is 4.79 Å². The Morgan fingerprint density at radius 3 is 2.58 bits per heavy atom. The van der Waals surface area contributed by atoms with E-state index in [4.69, 9.17) is 5.10 Å². The van der Waals surface area contributed by atoms with Crippen molar-refractivity contribution in [2.75, 3.05) is 0 Å². The molecule has 2 aromatic heterocycles. The van der Waals surface area contributed by atoms with Crippen LogP contribution in [0.4, 0.5) is 0 Å². The Balaban J connectivity index is 1.39. The minimum Gasteiger partial charge on any atom is -0.332 e. The number of hydrogen-bond acceptors (Lipinski definition) is 2. The van der Waals surface area contributed by atoms with Crippen LogP contribution in [0.2, 0.25) is 0 Å². The summed E-state index contributed by atoms with van der Waals surface area (Å²) in [4.78, 5) is 15.0. The Labute approximate surface area is 184 Å². The molecule has 0 N–H and O–H groups in total. The zero-order valence-corrected chi connectivity index (χ0v) is 18.7. The number of nitrogens with zero attached hydrogens (tertiary/aromatic N) is 4. The van der Waals surface area contributed by atoms with Gasteiger partial charge in [-0.2, -0.15) is 5.10 Å². The van der Waals surface area contributed by atoms with Crippen LogP contribution in [0.1, 0.15) is 67.3 Å². The quantitative estimate of drug-likeness (QED) is 0.552. The van der Waals surface area contributed by atoms with Gasteiger partial charge in [0.25, 0.3) is 0 Å². The van der Waals surface area contributed by atoms with Crippen molar-refractivity contribution in [3.63, 3.8) is 0 Å². The van der Waals surface area contributed by atoms with Gasteiger partial charge in [-0.25, -0.2) is 4.68 Å². The lowest BCUT2D eigenvalue weighted by Crippen LogP contribution is -2.27. The first-order valence-corrected chi connectivity index (χ1v) is 11.7. The first kappa shape index (κ1) is 20.1. The van der Waals surface area contributed by atoms with Crippen LogP contribution in [0.5, 0.6) is 0 Å². The lowest BCUT2D eigenvalue weighted by molar-refractivity contribution is -0.132. The number of rotatable bonds is 5. The molecule has 3 heterocycles. The molecule has 0 saturated heterocycles. The molecule has 1 aliphatic carbocycles. The molecule has 1 aliphatic heterocycles. The SMILES string of the molecule is Cc1ccc(-n2nc3c(c2-n2cccc2)CN(C(=O)CCC2CCCCC2)C3)c(C)c1. The Morgan fingerprint density at radius 1 is 1.06 bits per heavy atom. The summed E-state index contributed by atoms with van der Waals surface area (Å²) < 4.78 is 4.18. The zero-order valence-electron chi connectivity index (χ0n) is 18.7. The van der Waals surface area contributed by atoms with E-state index < -0.39 is 0 Å². The maximum absolute atomic E-state index is 13.0. The van der Waals surface area contributed by atoms with Crippen molar-refractivity contribution in [2.24, 2.45) is 5.92 Å². The monoisotopic (exact) mass is 416 g/mol. The Bertz CT molecular complexity index is 1070. The van der Waals surface area contributed by atoms with Crippen molar-refractivity contribution in [1.82, 2.24) is 19.2 Å². The van der Waals surface area contributed by atoms with Crippen LogP contribution in [0, 0.1) is 19.8 Å². The molecule has 1 amide bonds. The lowest BCUT2D eigenvalue weighted by Gasteiger charge is -2.23. The first-order valence-electron chi connectivity index (χ1n) is 11.7.